The van der Waals surface area contributed by atoms with E-state index in [0.29, 0.717) is 6.67 Å². The van der Waals surface area contributed by atoms with Crippen molar-refractivity contribution in [2.24, 2.45) is 0 Å². The SMILES string of the molecule is C/C(=C\C(=C/Nc1ccc(-n2c3c(c4ccccc42)CCC=C3)cc1)c1ccc2ccccc2c1)NCNc1ccccc1.CC. The Balaban J connectivity index is 0.00000182. The number of aromatic nitrogens is 1. The van der Waals surface area contributed by atoms with Crippen molar-refractivity contribution in [1.29, 1.82) is 0 Å². The molecule has 3 N–H and O–H groups in total. The summed E-state index contributed by atoms with van der Waals surface area (Å²) in [5, 5.41) is 14.3. The van der Waals surface area contributed by atoms with Gasteiger partial charge in [0.25, 0.3) is 0 Å². The van der Waals surface area contributed by atoms with E-state index in [1.54, 1.807) is 0 Å². The molecule has 0 fully saturated rings. The van der Waals surface area contributed by atoms with Crippen LogP contribution in [0.2, 0.25) is 0 Å². The highest BCUT2D eigenvalue weighted by molar-refractivity contribution is 5.91. The first-order valence-electron chi connectivity index (χ1n) is 16.3. The van der Waals surface area contributed by atoms with Gasteiger partial charge < -0.3 is 20.5 Å². The molecule has 0 saturated carbocycles. The van der Waals surface area contributed by atoms with Crippen LogP contribution in [0.5, 0.6) is 0 Å². The van der Waals surface area contributed by atoms with Crippen LogP contribution in [0, 0.1) is 0 Å². The van der Waals surface area contributed by atoms with E-state index in [4.69, 9.17) is 0 Å². The summed E-state index contributed by atoms with van der Waals surface area (Å²) >= 11 is 0. The topological polar surface area (TPSA) is 41.0 Å². The van der Waals surface area contributed by atoms with E-state index in [1.165, 1.54) is 38.6 Å². The lowest BCUT2D eigenvalue weighted by Crippen LogP contribution is -2.20. The van der Waals surface area contributed by atoms with Crippen LogP contribution in [0.1, 0.15) is 44.0 Å². The van der Waals surface area contributed by atoms with Crippen LogP contribution in [0.4, 0.5) is 11.4 Å². The molecular formula is C42H42N4. The molecule has 230 valence electrons. The van der Waals surface area contributed by atoms with Crippen LogP contribution >= 0.6 is 0 Å². The van der Waals surface area contributed by atoms with E-state index >= 15 is 0 Å². The monoisotopic (exact) mass is 602 g/mol. The van der Waals surface area contributed by atoms with Gasteiger partial charge in [-0.15, -0.1) is 0 Å². The first-order chi connectivity index (χ1) is 22.7. The Morgan fingerprint density at radius 2 is 1.50 bits per heavy atom. The van der Waals surface area contributed by atoms with Gasteiger partial charge >= 0.3 is 0 Å². The van der Waals surface area contributed by atoms with Crippen LogP contribution in [0.15, 0.2) is 145 Å². The molecule has 4 heteroatoms. The molecule has 0 bridgehead atoms. The zero-order chi connectivity index (χ0) is 31.7. The number of rotatable bonds is 9. The van der Waals surface area contributed by atoms with Crippen LogP contribution in [-0.2, 0) is 6.42 Å². The second-order valence-corrected chi connectivity index (χ2v) is 11.2. The first-order valence-corrected chi connectivity index (χ1v) is 16.3. The van der Waals surface area contributed by atoms with Crippen molar-refractivity contribution in [2.45, 2.75) is 33.6 Å². The van der Waals surface area contributed by atoms with Crippen molar-refractivity contribution >= 4 is 44.7 Å². The quantitative estimate of drug-likeness (QED) is 0.114. The summed E-state index contributed by atoms with van der Waals surface area (Å²) in [6, 6.07) is 42.9. The molecule has 46 heavy (non-hydrogen) atoms. The molecule has 7 rings (SSSR count). The zero-order valence-corrected chi connectivity index (χ0v) is 26.9. The van der Waals surface area contributed by atoms with Crippen LogP contribution in [0.25, 0.3) is 39.0 Å². The van der Waals surface area contributed by atoms with E-state index in [9.17, 15) is 0 Å². The summed E-state index contributed by atoms with van der Waals surface area (Å²) in [5.41, 5.74) is 10.6. The number of benzene rings is 5. The molecule has 1 heterocycles. The summed E-state index contributed by atoms with van der Waals surface area (Å²) in [6.07, 6.45) is 11.1. The molecule has 4 nitrogen and oxygen atoms in total. The van der Waals surface area contributed by atoms with E-state index in [0.717, 1.165) is 41.1 Å². The zero-order valence-electron chi connectivity index (χ0n) is 26.9. The smallest absolute Gasteiger partial charge is 0.0846 e. The Bertz CT molecular complexity index is 2010. The summed E-state index contributed by atoms with van der Waals surface area (Å²) in [6.45, 7) is 6.74. The highest BCUT2D eigenvalue weighted by Crippen LogP contribution is 2.34. The molecule has 0 amide bonds. The molecule has 5 aromatic carbocycles. The van der Waals surface area contributed by atoms with Crippen molar-refractivity contribution in [3.63, 3.8) is 0 Å². The molecule has 0 radical (unpaired) electrons. The van der Waals surface area contributed by atoms with E-state index in [2.05, 4.69) is 155 Å². The van der Waals surface area contributed by atoms with Crippen LogP contribution in [-0.4, -0.2) is 11.2 Å². The summed E-state index contributed by atoms with van der Waals surface area (Å²) < 4.78 is 2.39. The van der Waals surface area contributed by atoms with E-state index in [-0.39, 0.29) is 0 Å². The van der Waals surface area contributed by atoms with E-state index < -0.39 is 0 Å². The van der Waals surface area contributed by atoms with Crippen molar-refractivity contribution in [2.75, 3.05) is 17.3 Å². The van der Waals surface area contributed by atoms with Gasteiger partial charge in [0.05, 0.1) is 12.2 Å². The molecule has 0 saturated heterocycles. The first kappa shape index (κ1) is 30.5. The van der Waals surface area contributed by atoms with Gasteiger partial charge in [-0.1, -0.05) is 92.7 Å². The van der Waals surface area contributed by atoms with Crippen molar-refractivity contribution in [1.82, 2.24) is 9.88 Å². The molecule has 0 atom stereocenters. The molecule has 6 aromatic rings. The third-order valence-electron chi connectivity index (χ3n) is 8.27. The van der Waals surface area contributed by atoms with E-state index in [1.807, 2.05) is 32.0 Å². The van der Waals surface area contributed by atoms with Gasteiger partial charge in [0.1, 0.15) is 0 Å². The fourth-order valence-electron chi connectivity index (χ4n) is 6.04. The predicted molar refractivity (Wildman–Crippen MR) is 199 cm³/mol. The fraction of sp³-hybridized carbons (Fsp3) is 0.143. The van der Waals surface area contributed by atoms with Gasteiger partial charge in [0.2, 0.25) is 0 Å². The molecule has 1 aliphatic rings. The van der Waals surface area contributed by atoms with Crippen molar-refractivity contribution < 1.29 is 0 Å². The molecule has 0 spiro atoms. The normalized spacial score (nSPS) is 12.8. The number of hydrogen-bond donors (Lipinski definition) is 3. The minimum Gasteiger partial charge on any atom is -0.371 e. The lowest BCUT2D eigenvalue weighted by atomic mass is 10.0. The standard InChI is InChI=1S/C40H36N4.C2H6/c1-29(42-28-43-34-13-3-2-4-14-34)25-33(32-20-19-30-11-5-6-12-31(30)26-32)27-41-35-21-23-36(24-22-35)44-39-17-9-7-15-37(39)38-16-8-10-18-40(38)44;1-2/h2-7,9-15,17-27,41-43H,8,16,28H2,1H3;1-2H3/b29-25+,33-27+;. The maximum absolute atomic E-state index is 3.58. The van der Waals surface area contributed by atoms with Gasteiger partial charge in [-0.2, -0.15) is 0 Å². The number of allylic oxidation sites excluding steroid dienone is 4. The number of nitrogens with zero attached hydrogens (tertiary/aromatic N) is 1. The lowest BCUT2D eigenvalue weighted by Gasteiger charge is -2.13. The number of hydrogen-bond acceptors (Lipinski definition) is 3. The van der Waals surface area contributed by atoms with Crippen LogP contribution < -0.4 is 16.0 Å². The fourth-order valence-corrected chi connectivity index (χ4v) is 6.04. The highest BCUT2D eigenvalue weighted by atomic mass is 15.1. The second kappa shape index (κ2) is 14.5. The number of fused-ring (bicyclic) bond motifs is 4. The number of aryl methyl sites for hydroxylation is 1. The highest BCUT2D eigenvalue weighted by Gasteiger charge is 2.17. The average molecular weight is 603 g/mol. The Hall–Kier alpha value is -5.48. The number of para-hydroxylation sites is 2. The minimum absolute atomic E-state index is 0.638. The van der Waals surface area contributed by atoms with Crippen LogP contribution in [0.3, 0.4) is 0 Å². The van der Waals surface area contributed by atoms with Gasteiger partial charge in [-0.05, 0) is 108 Å². The molecule has 0 aliphatic heterocycles. The summed E-state index contributed by atoms with van der Waals surface area (Å²) in [5.74, 6) is 0. The third-order valence-corrected chi connectivity index (χ3v) is 8.27. The Morgan fingerprint density at radius 3 is 2.33 bits per heavy atom. The van der Waals surface area contributed by atoms with Gasteiger partial charge in [-0.25, -0.2) is 0 Å². The maximum atomic E-state index is 3.58. The van der Waals surface area contributed by atoms with Gasteiger partial charge in [-0.3, -0.25) is 0 Å². The lowest BCUT2D eigenvalue weighted by molar-refractivity contribution is 0.865. The van der Waals surface area contributed by atoms with Crippen molar-refractivity contribution in [3.05, 3.63) is 162 Å². The van der Waals surface area contributed by atoms with Crippen molar-refractivity contribution in [3.8, 4) is 5.69 Å². The predicted octanol–water partition coefficient (Wildman–Crippen LogP) is 10.8. The number of anilines is 2. The number of nitrogens with one attached hydrogen (secondary N) is 3. The molecule has 0 unspecified atom stereocenters. The Kier molecular flexibility index (Phi) is 9.65. The largest absolute Gasteiger partial charge is 0.371 e. The molecule has 1 aliphatic carbocycles. The summed E-state index contributed by atoms with van der Waals surface area (Å²) in [7, 11) is 0. The maximum Gasteiger partial charge on any atom is 0.0846 e. The molecular weight excluding hydrogens is 560 g/mol. The Labute approximate surface area is 272 Å². The summed E-state index contributed by atoms with van der Waals surface area (Å²) in [4.78, 5) is 0. The average Bonchev–Trinajstić information content (AvgIpc) is 3.46. The minimum atomic E-state index is 0.638. The van der Waals surface area contributed by atoms with Gasteiger partial charge in [0.15, 0.2) is 0 Å². The second-order valence-electron chi connectivity index (χ2n) is 11.2. The molecule has 1 aromatic heterocycles. The third kappa shape index (κ3) is 6.77. The van der Waals surface area contributed by atoms with Gasteiger partial charge in [0, 0.05) is 40.0 Å². The Morgan fingerprint density at radius 1 is 0.761 bits per heavy atom.